The molecule has 0 radical (unpaired) electrons. The van der Waals surface area contributed by atoms with E-state index in [0.29, 0.717) is 12.0 Å². The lowest BCUT2D eigenvalue weighted by Crippen LogP contribution is -2.36. The van der Waals surface area contributed by atoms with Gasteiger partial charge in [-0.25, -0.2) is 0 Å². The molecule has 2 heteroatoms. The van der Waals surface area contributed by atoms with Crippen LogP contribution in [-0.2, 0) is 0 Å². The van der Waals surface area contributed by atoms with Crippen LogP contribution in [-0.4, -0.2) is 19.1 Å². The van der Waals surface area contributed by atoms with Crippen LogP contribution in [0.15, 0.2) is 0 Å². The van der Waals surface area contributed by atoms with Crippen molar-refractivity contribution in [3.63, 3.8) is 0 Å². The Bertz CT molecular complexity index is 171. The molecule has 0 aromatic rings. The molecular weight excluding hydrogens is 160 g/mol. The molecule has 1 aliphatic carbocycles. The Morgan fingerprint density at radius 3 is 3.00 bits per heavy atom. The molecule has 74 valence electrons. The molecule has 0 saturated heterocycles. The lowest BCUT2D eigenvalue weighted by molar-refractivity contribution is 0.406. The fourth-order valence-corrected chi connectivity index (χ4v) is 2.07. The predicted molar refractivity (Wildman–Crippen MR) is 56.3 cm³/mol. The zero-order valence-corrected chi connectivity index (χ0v) is 8.26. The van der Waals surface area contributed by atoms with Gasteiger partial charge in [0.15, 0.2) is 0 Å². The molecule has 3 N–H and O–H groups in total. The van der Waals surface area contributed by atoms with Crippen molar-refractivity contribution in [3.05, 3.63) is 0 Å². The first-order valence-electron chi connectivity index (χ1n) is 5.25. The van der Waals surface area contributed by atoms with Crippen LogP contribution in [0.3, 0.4) is 0 Å². The first-order valence-corrected chi connectivity index (χ1v) is 5.25. The highest BCUT2D eigenvalue weighted by molar-refractivity contribution is 4.86. The van der Waals surface area contributed by atoms with Gasteiger partial charge in [0.05, 0.1) is 0 Å². The highest BCUT2D eigenvalue weighted by Gasteiger charge is 2.24. The summed E-state index contributed by atoms with van der Waals surface area (Å²) in [6.45, 7) is 1.87. The van der Waals surface area contributed by atoms with Crippen LogP contribution in [0.5, 0.6) is 0 Å². The van der Waals surface area contributed by atoms with Crippen molar-refractivity contribution < 1.29 is 0 Å². The molecule has 0 amide bonds. The van der Waals surface area contributed by atoms with Crippen molar-refractivity contribution in [1.29, 1.82) is 0 Å². The Balaban J connectivity index is 2.10. The van der Waals surface area contributed by atoms with Gasteiger partial charge in [-0.3, -0.25) is 0 Å². The number of unbranched alkanes of at least 4 members (excludes halogenated alkanes) is 1. The summed E-state index contributed by atoms with van der Waals surface area (Å²) in [6, 6.07) is 0.655. The SMILES string of the molecule is C#CCCCNC1CCCC1CN. The molecule has 13 heavy (non-hydrogen) atoms. The monoisotopic (exact) mass is 180 g/mol. The highest BCUT2D eigenvalue weighted by Crippen LogP contribution is 2.24. The third-order valence-corrected chi connectivity index (χ3v) is 2.87. The van der Waals surface area contributed by atoms with E-state index in [9.17, 15) is 0 Å². The van der Waals surface area contributed by atoms with Crippen molar-refractivity contribution in [2.24, 2.45) is 11.7 Å². The first-order chi connectivity index (χ1) is 6.38. The van der Waals surface area contributed by atoms with Gasteiger partial charge in [-0.15, -0.1) is 12.3 Å². The van der Waals surface area contributed by atoms with E-state index >= 15 is 0 Å². The average molecular weight is 180 g/mol. The standard InChI is InChI=1S/C11H20N2/c1-2-3-4-8-13-11-7-5-6-10(11)9-12/h1,10-11,13H,3-9,12H2. The second-order valence-electron chi connectivity index (χ2n) is 3.79. The van der Waals surface area contributed by atoms with Crippen LogP contribution in [0.1, 0.15) is 32.1 Å². The number of hydrogen-bond donors (Lipinski definition) is 2. The normalized spacial score (nSPS) is 27.4. The van der Waals surface area contributed by atoms with E-state index in [1.807, 2.05) is 0 Å². The zero-order valence-electron chi connectivity index (χ0n) is 8.26. The zero-order chi connectivity index (χ0) is 9.52. The van der Waals surface area contributed by atoms with Crippen LogP contribution in [0.2, 0.25) is 0 Å². The maximum Gasteiger partial charge on any atom is 0.0107 e. The van der Waals surface area contributed by atoms with Gasteiger partial charge >= 0.3 is 0 Å². The van der Waals surface area contributed by atoms with Crippen LogP contribution >= 0.6 is 0 Å². The molecule has 0 aromatic heterocycles. The Labute approximate surface area is 81.3 Å². The molecule has 0 aliphatic heterocycles. The van der Waals surface area contributed by atoms with E-state index in [0.717, 1.165) is 25.9 Å². The summed E-state index contributed by atoms with van der Waals surface area (Å²) in [5.74, 6) is 3.35. The van der Waals surface area contributed by atoms with Crippen molar-refractivity contribution in [2.75, 3.05) is 13.1 Å². The number of nitrogens with two attached hydrogens (primary N) is 1. The second kappa shape index (κ2) is 6.01. The molecule has 0 heterocycles. The van der Waals surface area contributed by atoms with Crippen LogP contribution in [0.25, 0.3) is 0 Å². The van der Waals surface area contributed by atoms with E-state index < -0.39 is 0 Å². The lowest BCUT2D eigenvalue weighted by atomic mass is 10.0. The van der Waals surface area contributed by atoms with Gasteiger partial charge in [0.2, 0.25) is 0 Å². The molecule has 2 atom stereocenters. The fourth-order valence-electron chi connectivity index (χ4n) is 2.07. The molecule has 1 saturated carbocycles. The van der Waals surface area contributed by atoms with Gasteiger partial charge in [0.25, 0.3) is 0 Å². The molecule has 0 bridgehead atoms. The Hall–Kier alpha value is -0.520. The van der Waals surface area contributed by atoms with E-state index in [2.05, 4.69) is 11.2 Å². The van der Waals surface area contributed by atoms with Crippen molar-refractivity contribution in [2.45, 2.75) is 38.1 Å². The van der Waals surface area contributed by atoms with Crippen LogP contribution < -0.4 is 11.1 Å². The summed E-state index contributed by atoms with van der Waals surface area (Å²) in [5.41, 5.74) is 5.68. The van der Waals surface area contributed by atoms with Crippen molar-refractivity contribution >= 4 is 0 Å². The molecule has 0 aromatic carbocycles. The highest BCUT2D eigenvalue weighted by atomic mass is 14.9. The van der Waals surface area contributed by atoms with Gasteiger partial charge < -0.3 is 11.1 Å². The van der Waals surface area contributed by atoms with Gasteiger partial charge in [-0.05, 0) is 38.3 Å². The maximum absolute atomic E-state index is 5.68. The number of hydrogen-bond acceptors (Lipinski definition) is 2. The molecule has 1 rings (SSSR count). The lowest BCUT2D eigenvalue weighted by Gasteiger charge is -2.18. The smallest absolute Gasteiger partial charge is 0.0107 e. The van der Waals surface area contributed by atoms with Crippen molar-refractivity contribution in [1.82, 2.24) is 5.32 Å². The summed E-state index contributed by atoms with van der Waals surface area (Å²) in [5, 5.41) is 3.54. The topological polar surface area (TPSA) is 38.0 Å². The van der Waals surface area contributed by atoms with E-state index in [-0.39, 0.29) is 0 Å². The van der Waals surface area contributed by atoms with Crippen LogP contribution in [0.4, 0.5) is 0 Å². The quantitative estimate of drug-likeness (QED) is 0.491. The summed E-state index contributed by atoms with van der Waals surface area (Å²) >= 11 is 0. The second-order valence-corrected chi connectivity index (χ2v) is 3.79. The third kappa shape index (κ3) is 3.38. The molecule has 1 fully saturated rings. The molecule has 0 spiro atoms. The Morgan fingerprint density at radius 2 is 2.31 bits per heavy atom. The third-order valence-electron chi connectivity index (χ3n) is 2.87. The van der Waals surface area contributed by atoms with Crippen molar-refractivity contribution in [3.8, 4) is 12.3 Å². The molecule has 2 nitrogen and oxygen atoms in total. The summed E-state index contributed by atoms with van der Waals surface area (Å²) < 4.78 is 0. The number of terminal acetylenes is 1. The van der Waals surface area contributed by atoms with E-state index in [1.165, 1.54) is 19.3 Å². The first kappa shape index (κ1) is 10.6. The molecular formula is C11H20N2. The Kier molecular flexibility index (Phi) is 4.88. The van der Waals surface area contributed by atoms with Gasteiger partial charge in [0, 0.05) is 12.5 Å². The maximum atomic E-state index is 5.68. The van der Waals surface area contributed by atoms with Crippen LogP contribution in [0, 0.1) is 18.3 Å². The minimum atomic E-state index is 0.655. The van der Waals surface area contributed by atoms with Gasteiger partial charge in [-0.1, -0.05) is 6.42 Å². The van der Waals surface area contributed by atoms with E-state index in [1.54, 1.807) is 0 Å². The predicted octanol–water partition coefficient (Wildman–Crippen LogP) is 1.12. The fraction of sp³-hybridized carbons (Fsp3) is 0.818. The molecule has 2 unspecified atom stereocenters. The van der Waals surface area contributed by atoms with Gasteiger partial charge in [0.1, 0.15) is 0 Å². The summed E-state index contributed by atoms with van der Waals surface area (Å²) in [4.78, 5) is 0. The average Bonchev–Trinajstić information content (AvgIpc) is 2.60. The largest absolute Gasteiger partial charge is 0.330 e. The summed E-state index contributed by atoms with van der Waals surface area (Å²) in [7, 11) is 0. The molecule has 1 aliphatic rings. The Morgan fingerprint density at radius 1 is 1.46 bits per heavy atom. The minimum Gasteiger partial charge on any atom is -0.330 e. The number of rotatable bonds is 5. The minimum absolute atomic E-state index is 0.655. The van der Waals surface area contributed by atoms with Gasteiger partial charge in [-0.2, -0.15) is 0 Å². The number of nitrogens with one attached hydrogen (secondary N) is 1. The van der Waals surface area contributed by atoms with E-state index in [4.69, 9.17) is 12.2 Å². The summed E-state index contributed by atoms with van der Waals surface area (Å²) in [6.07, 6.45) is 11.1.